The Kier molecular flexibility index (Phi) is 3.42. The van der Waals surface area contributed by atoms with E-state index in [1.54, 1.807) is 4.90 Å². The van der Waals surface area contributed by atoms with Crippen LogP contribution in [0.3, 0.4) is 0 Å². The van der Waals surface area contributed by atoms with Crippen LogP contribution < -0.4 is 0 Å². The van der Waals surface area contributed by atoms with Crippen molar-refractivity contribution in [3.8, 4) is 0 Å². The Bertz CT molecular complexity index is 926. The number of fused-ring (bicyclic) bond motifs is 5. The van der Waals surface area contributed by atoms with Crippen molar-refractivity contribution in [2.75, 3.05) is 19.6 Å². The van der Waals surface area contributed by atoms with Crippen molar-refractivity contribution >= 4 is 28.6 Å². The number of benzene rings is 1. The van der Waals surface area contributed by atoms with Crippen LogP contribution >= 0.6 is 0 Å². The maximum atomic E-state index is 13.1. The van der Waals surface area contributed by atoms with Crippen LogP contribution in [-0.2, 0) is 20.8 Å². The first-order chi connectivity index (χ1) is 12.6. The van der Waals surface area contributed by atoms with E-state index in [-0.39, 0.29) is 30.2 Å². The molecule has 0 radical (unpaired) electrons. The van der Waals surface area contributed by atoms with E-state index in [1.165, 1.54) is 4.90 Å². The quantitative estimate of drug-likeness (QED) is 0.839. The van der Waals surface area contributed by atoms with Gasteiger partial charge in [-0.3, -0.25) is 19.3 Å². The van der Waals surface area contributed by atoms with Gasteiger partial charge in [0.25, 0.3) is 0 Å². The SMILES string of the molecule is O=C(CN1C(=O)[C@H]2CCc3c([nH]c4ccccc34)[C@H]2C1=O)N1CCCC1. The van der Waals surface area contributed by atoms with Crippen LogP contribution in [0.2, 0.25) is 0 Å². The Balaban J connectivity index is 1.47. The van der Waals surface area contributed by atoms with Crippen molar-refractivity contribution < 1.29 is 14.4 Å². The van der Waals surface area contributed by atoms with Crippen LogP contribution in [0.1, 0.15) is 36.4 Å². The summed E-state index contributed by atoms with van der Waals surface area (Å²) in [6, 6.07) is 8.01. The lowest BCUT2D eigenvalue weighted by Gasteiger charge is -2.21. The van der Waals surface area contributed by atoms with E-state index >= 15 is 0 Å². The number of carbonyl (C=O) groups excluding carboxylic acids is 3. The molecule has 1 aromatic carbocycles. The van der Waals surface area contributed by atoms with Crippen molar-refractivity contribution in [3.05, 3.63) is 35.5 Å². The number of rotatable bonds is 2. The van der Waals surface area contributed by atoms with Gasteiger partial charge in [-0.2, -0.15) is 0 Å². The number of nitrogens with zero attached hydrogens (tertiary/aromatic N) is 2. The maximum Gasteiger partial charge on any atom is 0.242 e. The molecule has 1 N–H and O–H groups in total. The first-order valence-corrected chi connectivity index (χ1v) is 9.37. The van der Waals surface area contributed by atoms with Crippen LogP contribution in [0.15, 0.2) is 24.3 Å². The van der Waals surface area contributed by atoms with Gasteiger partial charge in [0.2, 0.25) is 17.7 Å². The molecule has 1 aromatic heterocycles. The topological polar surface area (TPSA) is 73.5 Å². The molecule has 0 unspecified atom stereocenters. The third-order valence-corrected chi connectivity index (χ3v) is 6.13. The molecule has 0 spiro atoms. The second-order valence-electron chi connectivity index (χ2n) is 7.54. The van der Waals surface area contributed by atoms with E-state index in [0.717, 1.165) is 54.5 Å². The third kappa shape index (κ3) is 2.14. The van der Waals surface area contributed by atoms with Gasteiger partial charge in [-0.1, -0.05) is 18.2 Å². The fourth-order valence-corrected chi connectivity index (χ4v) is 4.82. The molecule has 2 fully saturated rings. The molecule has 2 atom stereocenters. The molecule has 26 heavy (non-hydrogen) atoms. The van der Waals surface area contributed by atoms with E-state index in [2.05, 4.69) is 11.1 Å². The largest absolute Gasteiger partial charge is 0.357 e. The molecule has 134 valence electrons. The normalized spacial score (nSPS) is 25.1. The van der Waals surface area contributed by atoms with Gasteiger partial charge >= 0.3 is 0 Å². The minimum atomic E-state index is -0.468. The number of nitrogens with one attached hydrogen (secondary N) is 1. The smallest absolute Gasteiger partial charge is 0.242 e. The van der Waals surface area contributed by atoms with Crippen molar-refractivity contribution in [2.45, 2.75) is 31.6 Å². The summed E-state index contributed by atoms with van der Waals surface area (Å²) in [5.41, 5.74) is 3.03. The summed E-state index contributed by atoms with van der Waals surface area (Å²) in [4.78, 5) is 44.7. The summed E-state index contributed by atoms with van der Waals surface area (Å²) < 4.78 is 0. The standard InChI is InChI=1S/C20H21N3O3/c24-16(22-9-3-4-10-22)11-23-19(25)14-8-7-13-12-5-1-2-6-15(12)21-18(13)17(14)20(23)26/h1-2,5-6,14,17,21H,3-4,7-11H2/t14-,17-/m0/s1. The molecule has 2 aromatic rings. The van der Waals surface area contributed by atoms with Crippen LogP contribution in [0.4, 0.5) is 0 Å². The van der Waals surface area contributed by atoms with Gasteiger partial charge < -0.3 is 9.88 Å². The Morgan fingerprint density at radius 3 is 2.69 bits per heavy atom. The number of hydrogen-bond acceptors (Lipinski definition) is 3. The fraction of sp³-hybridized carbons (Fsp3) is 0.450. The van der Waals surface area contributed by atoms with Gasteiger partial charge in [0.1, 0.15) is 6.54 Å². The van der Waals surface area contributed by atoms with Gasteiger partial charge in [-0.05, 0) is 37.3 Å². The number of imide groups is 1. The minimum absolute atomic E-state index is 0.111. The number of aromatic amines is 1. The highest BCUT2D eigenvalue weighted by Gasteiger charge is 2.52. The van der Waals surface area contributed by atoms with Gasteiger partial charge in [-0.15, -0.1) is 0 Å². The summed E-state index contributed by atoms with van der Waals surface area (Å²) >= 11 is 0. The van der Waals surface area contributed by atoms with Crippen molar-refractivity contribution in [1.82, 2.24) is 14.8 Å². The van der Waals surface area contributed by atoms with E-state index in [1.807, 2.05) is 18.2 Å². The van der Waals surface area contributed by atoms with Crippen LogP contribution in [0, 0.1) is 5.92 Å². The van der Waals surface area contributed by atoms with E-state index in [9.17, 15) is 14.4 Å². The van der Waals surface area contributed by atoms with E-state index in [0.29, 0.717) is 6.42 Å². The van der Waals surface area contributed by atoms with Crippen LogP contribution in [0.5, 0.6) is 0 Å². The lowest BCUT2D eigenvalue weighted by molar-refractivity contribution is -0.146. The van der Waals surface area contributed by atoms with Crippen molar-refractivity contribution in [1.29, 1.82) is 0 Å². The number of amides is 3. The van der Waals surface area contributed by atoms with Gasteiger partial charge in [0, 0.05) is 29.7 Å². The van der Waals surface area contributed by atoms with Gasteiger partial charge in [-0.25, -0.2) is 0 Å². The molecular formula is C20H21N3O3. The zero-order chi connectivity index (χ0) is 17.8. The molecule has 3 aliphatic rings. The number of aryl methyl sites for hydroxylation is 1. The molecule has 0 saturated carbocycles. The van der Waals surface area contributed by atoms with E-state index in [4.69, 9.17) is 0 Å². The number of aromatic nitrogens is 1. The summed E-state index contributed by atoms with van der Waals surface area (Å²) in [6.07, 6.45) is 3.44. The summed E-state index contributed by atoms with van der Waals surface area (Å²) in [5, 5.41) is 1.13. The summed E-state index contributed by atoms with van der Waals surface area (Å²) in [6.45, 7) is 1.35. The molecule has 3 heterocycles. The van der Waals surface area contributed by atoms with Crippen LogP contribution in [-0.4, -0.2) is 52.1 Å². The van der Waals surface area contributed by atoms with Gasteiger partial charge in [0.15, 0.2) is 0 Å². The second kappa shape index (κ2) is 5.69. The second-order valence-corrected chi connectivity index (χ2v) is 7.54. The Morgan fingerprint density at radius 2 is 1.88 bits per heavy atom. The predicted octanol–water partition coefficient (Wildman–Crippen LogP) is 1.81. The van der Waals surface area contributed by atoms with Crippen molar-refractivity contribution in [3.63, 3.8) is 0 Å². The molecule has 2 aliphatic heterocycles. The highest BCUT2D eigenvalue weighted by molar-refractivity contribution is 6.10. The Labute approximate surface area is 151 Å². The summed E-state index contributed by atoms with van der Waals surface area (Å²) in [5.74, 6) is -1.32. The van der Waals surface area contributed by atoms with Crippen molar-refractivity contribution in [2.24, 2.45) is 5.92 Å². The molecule has 1 aliphatic carbocycles. The number of carbonyl (C=O) groups is 3. The first kappa shape index (κ1) is 15.6. The first-order valence-electron chi connectivity index (χ1n) is 9.37. The fourth-order valence-electron chi connectivity index (χ4n) is 4.82. The Hall–Kier alpha value is -2.63. The zero-order valence-corrected chi connectivity index (χ0v) is 14.5. The average molecular weight is 351 g/mol. The Morgan fingerprint density at radius 1 is 1.12 bits per heavy atom. The molecule has 6 heteroatoms. The number of hydrogen-bond donors (Lipinski definition) is 1. The number of H-pyrrole nitrogens is 1. The monoisotopic (exact) mass is 351 g/mol. The summed E-state index contributed by atoms with van der Waals surface area (Å²) in [7, 11) is 0. The van der Waals surface area contributed by atoms with Gasteiger partial charge in [0.05, 0.1) is 11.8 Å². The molecule has 0 bridgehead atoms. The lowest BCUT2D eigenvalue weighted by atomic mass is 9.79. The molecular weight excluding hydrogens is 330 g/mol. The third-order valence-electron chi connectivity index (χ3n) is 6.13. The van der Waals surface area contributed by atoms with Crippen LogP contribution in [0.25, 0.3) is 10.9 Å². The molecule has 5 rings (SSSR count). The average Bonchev–Trinajstić information content (AvgIpc) is 3.35. The highest BCUT2D eigenvalue weighted by atomic mass is 16.2. The number of para-hydroxylation sites is 1. The maximum absolute atomic E-state index is 13.1. The minimum Gasteiger partial charge on any atom is -0.357 e. The van der Waals surface area contributed by atoms with E-state index < -0.39 is 5.92 Å². The molecule has 3 amide bonds. The zero-order valence-electron chi connectivity index (χ0n) is 14.5. The number of likely N-dealkylation sites (tertiary alicyclic amines) is 2. The predicted molar refractivity (Wildman–Crippen MR) is 95.4 cm³/mol. The lowest BCUT2D eigenvalue weighted by Crippen LogP contribution is -2.42. The highest BCUT2D eigenvalue weighted by Crippen LogP contribution is 2.44. The molecule has 2 saturated heterocycles. The molecule has 6 nitrogen and oxygen atoms in total.